The van der Waals surface area contributed by atoms with E-state index in [9.17, 15) is 19.1 Å². The Morgan fingerprint density at radius 1 is 1.15 bits per heavy atom. The van der Waals surface area contributed by atoms with Crippen molar-refractivity contribution in [2.75, 3.05) is 24.5 Å². The van der Waals surface area contributed by atoms with E-state index in [0.29, 0.717) is 31.7 Å². The van der Waals surface area contributed by atoms with Crippen LogP contribution in [0.4, 0.5) is 14.6 Å². The topological polar surface area (TPSA) is 91.6 Å². The van der Waals surface area contributed by atoms with Gasteiger partial charge in [0, 0.05) is 25.7 Å². The number of nitrogens with zero attached hydrogens (tertiary/aromatic N) is 5. The minimum absolute atomic E-state index is 0.0861. The summed E-state index contributed by atoms with van der Waals surface area (Å²) in [5.74, 6) is -2.18. The average molecular weight is 560 g/mol. The third-order valence-electron chi connectivity index (χ3n) is 7.48. The first-order valence-corrected chi connectivity index (χ1v) is 13.5. The number of phenolic OH excluding ortho intramolecular Hbond substituents is 1. The molecule has 1 saturated heterocycles. The summed E-state index contributed by atoms with van der Waals surface area (Å²) >= 11 is 0. The molecule has 1 atom stereocenters. The molecule has 1 N–H and O–H groups in total. The molecular formula is C31H31F2N5O3. The molecule has 2 aromatic carbocycles. The molecular weight excluding hydrogens is 528 g/mol. The summed E-state index contributed by atoms with van der Waals surface area (Å²) in [5.41, 5.74) is 0.910. The van der Waals surface area contributed by atoms with Crippen LogP contribution in [0.15, 0.2) is 59.9 Å². The summed E-state index contributed by atoms with van der Waals surface area (Å²) in [6, 6.07) is 10.3. The number of phenols is 1. The Labute approximate surface area is 236 Å². The first-order chi connectivity index (χ1) is 19.7. The summed E-state index contributed by atoms with van der Waals surface area (Å²) in [6.07, 6.45) is 2.75. The number of hydrogen-bond donors (Lipinski definition) is 1. The van der Waals surface area contributed by atoms with E-state index in [-0.39, 0.29) is 28.8 Å². The first kappa shape index (κ1) is 27.9. The maximum Gasteiger partial charge on any atom is 0.355 e. The Morgan fingerprint density at radius 2 is 1.90 bits per heavy atom. The van der Waals surface area contributed by atoms with Gasteiger partial charge in [-0.15, -0.1) is 0 Å². The maximum absolute atomic E-state index is 15.8. The number of para-hydroxylation sites is 1. The number of carbonyl (C=O) groups excluding carboxylic acids is 1. The second-order valence-electron chi connectivity index (χ2n) is 10.2. The van der Waals surface area contributed by atoms with E-state index in [2.05, 4.69) is 16.5 Å². The zero-order valence-electron chi connectivity index (χ0n) is 23.2. The lowest BCUT2D eigenvalue weighted by molar-refractivity contribution is -0.128. The largest absolute Gasteiger partial charge is 0.507 e. The van der Waals surface area contributed by atoms with E-state index in [1.807, 2.05) is 43.9 Å². The SMILES string of the molecule is C=CC(=O)N1CCN(c2nc(=O)n(-c3c(C)cccc3CCC)c3nc(-c4c(O)cccc4F)c(F)cc23)C[C@@H]1C. The van der Waals surface area contributed by atoms with Crippen LogP contribution in [0, 0.1) is 18.6 Å². The number of aromatic hydroxyl groups is 1. The number of halogens is 2. The summed E-state index contributed by atoms with van der Waals surface area (Å²) < 4.78 is 32.0. The van der Waals surface area contributed by atoms with Gasteiger partial charge in [-0.25, -0.2) is 23.1 Å². The highest BCUT2D eigenvalue weighted by Crippen LogP contribution is 2.36. The molecule has 0 aliphatic carbocycles. The number of amides is 1. The highest BCUT2D eigenvalue weighted by molar-refractivity contribution is 5.91. The molecule has 0 radical (unpaired) electrons. The van der Waals surface area contributed by atoms with Gasteiger partial charge in [-0.3, -0.25) is 4.79 Å². The molecule has 0 saturated carbocycles. The molecule has 212 valence electrons. The van der Waals surface area contributed by atoms with Crippen molar-refractivity contribution < 1.29 is 18.7 Å². The highest BCUT2D eigenvalue weighted by Gasteiger charge is 2.30. The molecule has 10 heteroatoms. The highest BCUT2D eigenvalue weighted by atomic mass is 19.1. The minimum atomic E-state index is -0.877. The van der Waals surface area contributed by atoms with Gasteiger partial charge < -0.3 is 14.9 Å². The molecule has 0 unspecified atom stereocenters. The van der Waals surface area contributed by atoms with E-state index >= 15 is 4.39 Å². The number of pyridine rings is 1. The predicted molar refractivity (Wildman–Crippen MR) is 154 cm³/mol. The van der Waals surface area contributed by atoms with E-state index < -0.39 is 34.3 Å². The normalized spacial score (nSPS) is 15.4. The zero-order valence-corrected chi connectivity index (χ0v) is 23.2. The van der Waals surface area contributed by atoms with Crippen LogP contribution in [-0.4, -0.2) is 56.1 Å². The standard InChI is InChI=1S/C31H31F2N5O3/c1-5-9-20-11-7-10-18(3)28(20)38-30-21(16-23(33)27(34-30)26-22(32)12-8-13-24(26)39)29(35-31(38)41)36-14-15-37(19(4)17-36)25(40)6-2/h6-8,10-13,16,19,39H,2,5,9,14-15,17H2,1,3-4H3/t19-/m0/s1. The molecule has 1 aliphatic heterocycles. The van der Waals surface area contributed by atoms with Crippen LogP contribution >= 0.6 is 0 Å². The third-order valence-corrected chi connectivity index (χ3v) is 7.48. The van der Waals surface area contributed by atoms with Crippen molar-refractivity contribution in [1.29, 1.82) is 0 Å². The van der Waals surface area contributed by atoms with Gasteiger partial charge in [0.05, 0.1) is 16.6 Å². The fraction of sp³-hybridized carbons (Fsp3) is 0.290. The van der Waals surface area contributed by atoms with Gasteiger partial charge in [0.2, 0.25) is 5.91 Å². The van der Waals surface area contributed by atoms with Crippen molar-refractivity contribution in [3.63, 3.8) is 0 Å². The van der Waals surface area contributed by atoms with Crippen LogP contribution in [0.25, 0.3) is 28.0 Å². The lowest BCUT2D eigenvalue weighted by Gasteiger charge is -2.40. The van der Waals surface area contributed by atoms with Gasteiger partial charge in [-0.2, -0.15) is 4.98 Å². The van der Waals surface area contributed by atoms with Crippen molar-refractivity contribution in [1.82, 2.24) is 19.4 Å². The van der Waals surface area contributed by atoms with Crippen molar-refractivity contribution in [3.05, 3.63) is 88.4 Å². The van der Waals surface area contributed by atoms with E-state index in [1.165, 1.54) is 28.8 Å². The zero-order chi connectivity index (χ0) is 29.4. The number of piperazine rings is 1. The molecule has 2 aromatic heterocycles. The van der Waals surface area contributed by atoms with Crippen LogP contribution in [0.1, 0.15) is 31.4 Å². The summed E-state index contributed by atoms with van der Waals surface area (Å²) in [4.78, 5) is 38.6. The van der Waals surface area contributed by atoms with Crippen LogP contribution < -0.4 is 10.6 Å². The van der Waals surface area contributed by atoms with Crippen molar-refractivity contribution in [3.8, 4) is 22.7 Å². The van der Waals surface area contributed by atoms with Crippen LogP contribution in [0.3, 0.4) is 0 Å². The Balaban J connectivity index is 1.81. The second-order valence-corrected chi connectivity index (χ2v) is 10.2. The van der Waals surface area contributed by atoms with Gasteiger partial charge in [0.1, 0.15) is 23.1 Å². The monoisotopic (exact) mass is 559 g/mol. The van der Waals surface area contributed by atoms with Crippen molar-refractivity contribution in [2.24, 2.45) is 0 Å². The smallest absolute Gasteiger partial charge is 0.355 e. The average Bonchev–Trinajstić information content (AvgIpc) is 2.94. The predicted octanol–water partition coefficient (Wildman–Crippen LogP) is 4.92. The summed E-state index contributed by atoms with van der Waals surface area (Å²) in [6.45, 7) is 10.4. The Kier molecular flexibility index (Phi) is 7.57. The van der Waals surface area contributed by atoms with E-state index in [4.69, 9.17) is 0 Å². The molecule has 1 aliphatic rings. The molecule has 41 heavy (non-hydrogen) atoms. The van der Waals surface area contributed by atoms with Crippen molar-refractivity contribution >= 4 is 22.8 Å². The number of fused-ring (bicyclic) bond motifs is 1. The van der Waals surface area contributed by atoms with Gasteiger partial charge >= 0.3 is 5.69 Å². The molecule has 4 aromatic rings. The van der Waals surface area contributed by atoms with Crippen molar-refractivity contribution in [2.45, 2.75) is 39.7 Å². The lowest BCUT2D eigenvalue weighted by Crippen LogP contribution is -2.54. The van der Waals surface area contributed by atoms with Gasteiger partial charge in [-0.1, -0.05) is 44.2 Å². The number of aromatic nitrogens is 3. The first-order valence-electron chi connectivity index (χ1n) is 13.5. The van der Waals surface area contributed by atoms with Gasteiger partial charge in [0.15, 0.2) is 11.5 Å². The summed E-state index contributed by atoms with van der Waals surface area (Å²) in [5, 5.41) is 10.7. The summed E-state index contributed by atoms with van der Waals surface area (Å²) in [7, 11) is 0. The molecule has 0 bridgehead atoms. The van der Waals surface area contributed by atoms with Gasteiger partial charge in [-0.05, 0) is 55.7 Å². The Morgan fingerprint density at radius 3 is 2.59 bits per heavy atom. The number of rotatable bonds is 6. The molecule has 5 rings (SSSR count). The molecule has 3 heterocycles. The van der Waals surface area contributed by atoms with E-state index in [1.54, 1.807) is 4.90 Å². The third kappa shape index (κ3) is 4.94. The second kappa shape index (κ2) is 11.1. The van der Waals surface area contributed by atoms with Crippen LogP contribution in [0.5, 0.6) is 5.75 Å². The number of aryl methyl sites for hydroxylation is 2. The number of hydrogen-bond acceptors (Lipinski definition) is 6. The maximum atomic E-state index is 15.8. The Hall–Kier alpha value is -4.60. The van der Waals surface area contributed by atoms with Crippen LogP contribution in [-0.2, 0) is 11.2 Å². The number of anilines is 1. The fourth-order valence-corrected chi connectivity index (χ4v) is 5.58. The minimum Gasteiger partial charge on any atom is -0.507 e. The van der Waals surface area contributed by atoms with Gasteiger partial charge in [0.25, 0.3) is 0 Å². The van der Waals surface area contributed by atoms with E-state index in [0.717, 1.165) is 23.6 Å². The number of carbonyl (C=O) groups is 1. The Bertz CT molecular complexity index is 1720. The number of benzene rings is 2. The quantitative estimate of drug-likeness (QED) is 0.338. The molecule has 1 amide bonds. The molecule has 0 spiro atoms. The lowest BCUT2D eigenvalue weighted by atomic mass is 10.0. The fourth-order valence-electron chi connectivity index (χ4n) is 5.58. The molecule has 1 fully saturated rings. The molecule has 8 nitrogen and oxygen atoms in total. The van der Waals surface area contributed by atoms with Crippen LogP contribution in [0.2, 0.25) is 0 Å².